The van der Waals surface area contributed by atoms with Gasteiger partial charge in [0.15, 0.2) is 0 Å². The zero-order valence-electron chi connectivity index (χ0n) is 11.1. The van der Waals surface area contributed by atoms with E-state index >= 15 is 0 Å². The quantitative estimate of drug-likeness (QED) is 0.565. The van der Waals surface area contributed by atoms with Crippen molar-refractivity contribution in [2.75, 3.05) is 19.8 Å². The molecule has 3 atom stereocenters. The number of aliphatic hydroxyl groups is 1. The fourth-order valence-electron chi connectivity index (χ4n) is 1.63. The van der Waals surface area contributed by atoms with Gasteiger partial charge in [0.1, 0.15) is 11.9 Å². The van der Waals surface area contributed by atoms with E-state index in [1.165, 1.54) is 5.56 Å². The summed E-state index contributed by atoms with van der Waals surface area (Å²) in [6.07, 6.45) is 1.93. The fourth-order valence-corrected chi connectivity index (χ4v) is 2.31. The third-order valence-electron chi connectivity index (χ3n) is 2.60. The molecule has 3 nitrogen and oxygen atoms in total. The molecule has 5 heteroatoms. The maximum absolute atomic E-state index is 9.06. The normalized spacial score (nSPS) is 13.1. The summed E-state index contributed by atoms with van der Waals surface area (Å²) >= 11 is 0. The number of aryl methyl sites for hydroxylation is 1. The second kappa shape index (κ2) is 8.82. The summed E-state index contributed by atoms with van der Waals surface area (Å²) in [4.78, 5) is 0. The van der Waals surface area contributed by atoms with Gasteiger partial charge in [-0.15, -0.1) is 9.24 Å². The van der Waals surface area contributed by atoms with Crippen molar-refractivity contribution >= 4 is 23.3 Å². The van der Waals surface area contributed by atoms with E-state index in [9.17, 15) is 0 Å². The molecule has 0 amide bonds. The molecular formula is C13H23NO2P2. The van der Waals surface area contributed by atoms with Crippen LogP contribution in [-0.2, 0) is 6.42 Å². The van der Waals surface area contributed by atoms with Crippen LogP contribution in [0, 0.1) is 0 Å². The van der Waals surface area contributed by atoms with Crippen LogP contribution in [0.15, 0.2) is 18.2 Å². The number of benzene rings is 1. The lowest BCUT2D eigenvalue weighted by Crippen LogP contribution is -2.18. The highest BCUT2D eigenvalue weighted by atomic mass is 31.1. The monoisotopic (exact) mass is 287 g/mol. The van der Waals surface area contributed by atoms with E-state index in [0.717, 1.165) is 39.2 Å². The Bertz CT molecular complexity index is 361. The van der Waals surface area contributed by atoms with Gasteiger partial charge in [0.2, 0.25) is 0 Å². The predicted molar refractivity (Wildman–Crippen MR) is 83.5 cm³/mol. The average Bonchev–Trinajstić information content (AvgIpc) is 2.36. The van der Waals surface area contributed by atoms with Crippen LogP contribution in [0.5, 0.6) is 5.75 Å². The Morgan fingerprint density at radius 1 is 1.50 bits per heavy atom. The van der Waals surface area contributed by atoms with Crippen LogP contribution in [0.4, 0.5) is 0 Å². The minimum Gasteiger partial charge on any atom is -0.488 e. The highest BCUT2D eigenvalue weighted by molar-refractivity contribution is 7.34. The van der Waals surface area contributed by atoms with Crippen molar-refractivity contribution in [2.45, 2.75) is 25.9 Å². The van der Waals surface area contributed by atoms with Crippen molar-refractivity contribution in [3.63, 3.8) is 0 Å². The molecule has 0 saturated carbocycles. The molecule has 1 rings (SSSR count). The van der Waals surface area contributed by atoms with Crippen molar-refractivity contribution in [1.29, 1.82) is 0 Å². The molecule has 0 aliphatic rings. The SMILES string of the molecule is CPNCCCc1ccc(P)cc1O[C@H](C)CO. The Balaban J connectivity index is 2.64. The van der Waals surface area contributed by atoms with Gasteiger partial charge in [-0.1, -0.05) is 20.9 Å². The molecule has 0 heterocycles. The molecule has 1 aromatic carbocycles. The van der Waals surface area contributed by atoms with Gasteiger partial charge in [-0.2, -0.15) is 0 Å². The summed E-state index contributed by atoms with van der Waals surface area (Å²) in [6.45, 7) is 5.09. The summed E-state index contributed by atoms with van der Waals surface area (Å²) in [7, 11) is 3.47. The Hall–Kier alpha value is -0.200. The Morgan fingerprint density at radius 2 is 2.28 bits per heavy atom. The lowest BCUT2D eigenvalue weighted by atomic mass is 10.1. The molecule has 0 aliphatic carbocycles. The Morgan fingerprint density at radius 3 is 2.94 bits per heavy atom. The number of ether oxygens (including phenoxy) is 1. The second-order valence-electron chi connectivity index (χ2n) is 4.26. The number of hydrogen-bond donors (Lipinski definition) is 2. The predicted octanol–water partition coefficient (Wildman–Crippen LogP) is 1.69. The van der Waals surface area contributed by atoms with Gasteiger partial charge < -0.3 is 9.84 Å². The van der Waals surface area contributed by atoms with Crippen LogP contribution < -0.4 is 15.1 Å². The first-order valence-corrected chi connectivity index (χ1v) is 8.30. The van der Waals surface area contributed by atoms with Crippen molar-refractivity contribution in [1.82, 2.24) is 5.09 Å². The van der Waals surface area contributed by atoms with Crippen LogP contribution in [0.3, 0.4) is 0 Å². The highest BCUT2D eigenvalue weighted by Crippen LogP contribution is 2.21. The van der Waals surface area contributed by atoms with E-state index in [1.54, 1.807) is 0 Å². The van der Waals surface area contributed by atoms with E-state index in [-0.39, 0.29) is 12.7 Å². The third kappa shape index (κ3) is 5.63. The van der Waals surface area contributed by atoms with Crippen LogP contribution in [0.2, 0.25) is 0 Å². The van der Waals surface area contributed by atoms with Crippen molar-refractivity contribution in [3.8, 4) is 5.75 Å². The molecule has 0 spiro atoms. The molecule has 0 bridgehead atoms. The first-order valence-electron chi connectivity index (χ1n) is 6.23. The van der Waals surface area contributed by atoms with E-state index in [2.05, 4.69) is 33.1 Å². The van der Waals surface area contributed by atoms with Gasteiger partial charge in [0, 0.05) is 0 Å². The average molecular weight is 287 g/mol. The smallest absolute Gasteiger partial charge is 0.123 e. The lowest BCUT2D eigenvalue weighted by molar-refractivity contribution is 0.129. The lowest BCUT2D eigenvalue weighted by Gasteiger charge is -2.16. The van der Waals surface area contributed by atoms with Gasteiger partial charge in [0.25, 0.3) is 0 Å². The summed E-state index contributed by atoms with van der Waals surface area (Å²) in [5.41, 5.74) is 1.21. The Kier molecular flexibility index (Phi) is 7.77. The topological polar surface area (TPSA) is 41.5 Å². The third-order valence-corrected chi connectivity index (χ3v) is 3.56. The molecule has 1 aromatic rings. The van der Waals surface area contributed by atoms with Crippen LogP contribution >= 0.6 is 18.0 Å². The van der Waals surface area contributed by atoms with Gasteiger partial charge >= 0.3 is 0 Å². The highest BCUT2D eigenvalue weighted by Gasteiger charge is 2.08. The molecule has 0 aliphatic heterocycles. The van der Waals surface area contributed by atoms with Crippen molar-refractivity contribution < 1.29 is 9.84 Å². The van der Waals surface area contributed by atoms with Gasteiger partial charge in [-0.05, 0) is 49.9 Å². The number of nitrogens with one attached hydrogen (secondary N) is 1. The van der Waals surface area contributed by atoms with Crippen molar-refractivity contribution in [2.24, 2.45) is 0 Å². The Labute approximate surface area is 114 Å². The second-order valence-corrected chi connectivity index (χ2v) is 5.78. The zero-order valence-corrected chi connectivity index (χ0v) is 13.2. The summed E-state index contributed by atoms with van der Waals surface area (Å²) < 4.78 is 5.75. The van der Waals surface area contributed by atoms with E-state index in [4.69, 9.17) is 9.84 Å². The van der Waals surface area contributed by atoms with Gasteiger partial charge in [-0.3, -0.25) is 5.09 Å². The molecule has 102 valence electrons. The summed E-state index contributed by atoms with van der Waals surface area (Å²) in [5.74, 6) is 0.892. The molecule has 0 radical (unpaired) electrons. The fraction of sp³-hybridized carbons (Fsp3) is 0.538. The molecule has 2 unspecified atom stereocenters. The summed E-state index contributed by atoms with van der Waals surface area (Å²) in [6, 6.07) is 6.20. The first kappa shape index (κ1) is 15.9. The van der Waals surface area contributed by atoms with Crippen LogP contribution in [0.25, 0.3) is 0 Å². The number of hydrogen-bond acceptors (Lipinski definition) is 3. The molecule has 0 fully saturated rings. The minimum atomic E-state index is -0.161. The van der Waals surface area contributed by atoms with Crippen LogP contribution in [-0.4, -0.2) is 31.0 Å². The standard InChI is InChI=1S/C13H23NO2P2/c1-10(9-15)16-13-8-12(17)6-5-11(13)4-3-7-14-18-2/h5-6,8,10,14-15,18H,3-4,7,9,17H2,1-2H3/t10-/m1/s1. The van der Waals surface area contributed by atoms with E-state index in [0.29, 0.717) is 0 Å². The van der Waals surface area contributed by atoms with Gasteiger partial charge in [0.05, 0.1) is 6.61 Å². The first-order chi connectivity index (χ1) is 8.67. The van der Waals surface area contributed by atoms with E-state index in [1.807, 2.05) is 13.0 Å². The van der Waals surface area contributed by atoms with Crippen LogP contribution in [0.1, 0.15) is 18.9 Å². The van der Waals surface area contributed by atoms with Gasteiger partial charge in [-0.25, -0.2) is 0 Å². The zero-order chi connectivity index (χ0) is 13.4. The maximum atomic E-state index is 9.06. The van der Waals surface area contributed by atoms with Crippen molar-refractivity contribution in [3.05, 3.63) is 23.8 Å². The maximum Gasteiger partial charge on any atom is 0.123 e. The molecular weight excluding hydrogens is 264 g/mol. The largest absolute Gasteiger partial charge is 0.488 e. The number of aliphatic hydroxyl groups excluding tert-OH is 1. The molecule has 18 heavy (non-hydrogen) atoms. The van der Waals surface area contributed by atoms with E-state index < -0.39 is 0 Å². The molecule has 0 aromatic heterocycles. The number of rotatable bonds is 8. The summed E-state index contributed by atoms with van der Waals surface area (Å²) in [5, 5.41) is 13.5. The minimum absolute atomic E-state index is 0.0407. The molecule has 2 N–H and O–H groups in total. The molecule has 0 saturated heterocycles.